The molecule has 0 amide bonds. The van der Waals surface area contributed by atoms with Gasteiger partial charge in [-0.05, 0) is 43.0 Å². The van der Waals surface area contributed by atoms with Gasteiger partial charge in [-0.3, -0.25) is 4.57 Å². The van der Waals surface area contributed by atoms with Gasteiger partial charge in [0.05, 0.1) is 17.3 Å². The first-order valence-corrected chi connectivity index (χ1v) is 10.2. The van der Waals surface area contributed by atoms with Gasteiger partial charge in [0.25, 0.3) is 0 Å². The first-order valence-electron chi connectivity index (χ1n) is 9.23. The molecule has 1 aliphatic heterocycles. The third kappa shape index (κ3) is 3.83. The molecule has 6 heteroatoms. The zero-order chi connectivity index (χ0) is 18.5. The van der Waals surface area contributed by atoms with E-state index in [2.05, 4.69) is 37.9 Å². The molecule has 1 fully saturated rings. The van der Waals surface area contributed by atoms with Crippen molar-refractivity contribution in [2.75, 3.05) is 18.0 Å². The minimum atomic E-state index is 0.689. The van der Waals surface area contributed by atoms with Gasteiger partial charge in [0.15, 0.2) is 5.16 Å². The molecule has 1 saturated heterocycles. The fraction of sp³-hybridized carbons (Fsp3) is 0.286. The molecule has 5 nitrogen and oxygen atoms in total. The van der Waals surface area contributed by atoms with E-state index < -0.39 is 0 Å². The molecule has 0 unspecified atom stereocenters. The van der Waals surface area contributed by atoms with Crippen LogP contribution in [0.4, 0.5) is 5.95 Å². The third-order valence-corrected chi connectivity index (χ3v) is 5.74. The normalized spacial score (nSPS) is 14.1. The van der Waals surface area contributed by atoms with Crippen molar-refractivity contribution in [1.29, 1.82) is 5.26 Å². The molecular weight excluding hydrogens is 354 g/mol. The zero-order valence-electron chi connectivity index (χ0n) is 15.1. The zero-order valence-corrected chi connectivity index (χ0v) is 15.9. The summed E-state index contributed by atoms with van der Waals surface area (Å²) in [5.41, 5.74) is 2.80. The smallest absolute Gasteiger partial charge is 0.232 e. The van der Waals surface area contributed by atoms with Crippen LogP contribution in [0.3, 0.4) is 0 Å². The van der Waals surface area contributed by atoms with Crippen LogP contribution in [0.15, 0.2) is 59.8 Å². The lowest BCUT2D eigenvalue weighted by molar-refractivity contribution is 0.564. The lowest BCUT2D eigenvalue weighted by Gasteiger charge is -2.27. The van der Waals surface area contributed by atoms with Crippen molar-refractivity contribution in [2.45, 2.75) is 30.2 Å². The van der Waals surface area contributed by atoms with Crippen molar-refractivity contribution < 1.29 is 0 Å². The molecule has 0 N–H and O–H groups in total. The van der Waals surface area contributed by atoms with Gasteiger partial charge in [-0.25, -0.2) is 0 Å². The van der Waals surface area contributed by atoms with Crippen LogP contribution in [-0.4, -0.2) is 27.9 Å². The number of hydrogen-bond acceptors (Lipinski definition) is 5. The Hall–Kier alpha value is -2.78. The van der Waals surface area contributed by atoms with Gasteiger partial charge in [0, 0.05) is 18.8 Å². The van der Waals surface area contributed by atoms with E-state index in [1.165, 1.54) is 19.3 Å². The van der Waals surface area contributed by atoms with E-state index in [1.54, 1.807) is 11.8 Å². The van der Waals surface area contributed by atoms with Crippen molar-refractivity contribution >= 4 is 17.7 Å². The number of hydrogen-bond donors (Lipinski definition) is 0. The summed E-state index contributed by atoms with van der Waals surface area (Å²) in [6.07, 6.45) is 3.67. The number of nitriles is 1. The highest BCUT2D eigenvalue weighted by atomic mass is 32.2. The summed E-state index contributed by atoms with van der Waals surface area (Å²) < 4.78 is 2.14. The maximum atomic E-state index is 9.32. The second-order valence-electron chi connectivity index (χ2n) is 6.56. The Labute approximate surface area is 163 Å². The van der Waals surface area contributed by atoms with Crippen LogP contribution in [0.1, 0.15) is 30.4 Å². The summed E-state index contributed by atoms with van der Waals surface area (Å²) in [5, 5.41) is 19.2. The van der Waals surface area contributed by atoms with E-state index in [-0.39, 0.29) is 0 Å². The van der Waals surface area contributed by atoms with Crippen LogP contribution in [0.25, 0.3) is 5.69 Å². The number of rotatable bonds is 5. The largest absolute Gasteiger partial charge is 0.341 e. The van der Waals surface area contributed by atoms with E-state index in [0.29, 0.717) is 11.3 Å². The number of nitrogens with zero attached hydrogens (tertiary/aromatic N) is 5. The van der Waals surface area contributed by atoms with Crippen LogP contribution < -0.4 is 4.90 Å². The minimum absolute atomic E-state index is 0.689. The first-order chi connectivity index (χ1) is 13.4. The maximum absolute atomic E-state index is 9.32. The Balaban J connectivity index is 1.66. The average molecular weight is 376 g/mol. The minimum Gasteiger partial charge on any atom is -0.341 e. The molecule has 0 saturated carbocycles. The average Bonchev–Trinajstić information content (AvgIpc) is 3.17. The standard InChI is InChI=1S/C21H21N5S/c22-15-17-9-5-6-10-18(17)16-27-21-24-23-20(25-13-7-2-8-14-25)26(21)19-11-3-1-4-12-19/h1,3-6,9-12H,2,7-8,13-14,16H2. The summed E-state index contributed by atoms with van der Waals surface area (Å²) in [6.45, 7) is 2.04. The van der Waals surface area contributed by atoms with Crippen LogP contribution in [0, 0.1) is 11.3 Å². The summed E-state index contributed by atoms with van der Waals surface area (Å²) >= 11 is 1.62. The summed E-state index contributed by atoms with van der Waals surface area (Å²) in [6, 6.07) is 20.3. The molecule has 136 valence electrons. The van der Waals surface area contributed by atoms with Gasteiger partial charge in [-0.2, -0.15) is 5.26 Å². The maximum Gasteiger partial charge on any atom is 0.232 e. The third-order valence-electron chi connectivity index (χ3n) is 4.76. The lowest BCUT2D eigenvalue weighted by Crippen LogP contribution is -2.31. The van der Waals surface area contributed by atoms with Gasteiger partial charge in [0.2, 0.25) is 5.95 Å². The summed E-state index contributed by atoms with van der Waals surface area (Å²) in [5.74, 6) is 1.60. The highest BCUT2D eigenvalue weighted by molar-refractivity contribution is 7.98. The number of benzene rings is 2. The molecule has 1 aromatic heterocycles. The molecule has 0 atom stereocenters. The Morgan fingerprint density at radius 1 is 0.926 bits per heavy atom. The van der Waals surface area contributed by atoms with E-state index in [1.807, 2.05) is 42.5 Å². The van der Waals surface area contributed by atoms with Crippen molar-refractivity contribution in [1.82, 2.24) is 14.8 Å². The fourth-order valence-electron chi connectivity index (χ4n) is 3.35. The monoisotopic (exact) mass is 375 g/mol. The molecule has 0 aliphatic carbocycles. The van der Waals surface area contributed by atoms with E-state index >= 15 is 0 Å². The van der Waals surface area contributed by atoms with Gasteiger partial charge in [0.1, 0.15) is 0 Å². The van der Waals surface area contributed by atoms with Crippen molar-refractivity contribution in [3.63, 3.8) is 0 Å². The van der Waals surface area contributed by atoms with Gasteiger partial charge in [-0.1, -0.05) is 48.2 Å². The van der Waals surface area contributed by atoms with E-state index in [4.69, 9.17) is 0 Å². The molecule has 4 rings (SSSR count). The van der Waals surface area contributed by atoms with E-state index in [9.17, 15) is 5.26 Å². The second kappa shape index (κ2) is 8.28. The highest BCUT2D eigenvalue weighted by Crippen LogP contribution is 2.30. The number of piperidine rings is 1. The Morgan fingerprint density at radius 3 is 2.44 bits per heavy atom. The quantitative estimate of drug-likeness (QED) is 0.618. The van der Waals surface area contributed by atoms with Crippen LogP contribution >= 0.6 is 11.8 Å². The number of aromatic nitrogens is 3. The molecular formula is C21H21N5S. The molecule has 3 aromatic rings. The summed E-state index contributed by atoms with van der Waals surface area (Å²) in [4.78, 5) is 2.33. The Morgan fingerprint density at radius 2 is 1.67 bits per heavy atom. The predicted molar refractivity (Wildman–Crippen MR) is 108 cm³/mol. The van der Waals surface area contributed by atoms with Crippen molar-refractivity contribution in [3.05, 3.63) is 65.7 Å². The topological polar surface area (TPSA) is 57.7 Å². The van der Waals surface area contributed by atoms with Crippen LogP contribution in [-0.2, 0) is 5.75 Å². The molecule has 2 aromatic carbocycles. The number of thioether (sulfide) groups is 1. The Kier molecular flexibility index (Phi) is 5.40. The second-order valence-corrected chi connectivity index (χ2v) is 7.50. The predicted octanol–water partition coefficient (Wildman–Crippen LogP) is 4.42. The fourth-order valence-corrected chi connectivity index (χ4v) is 4.31. The number of para-hydroxylation sites is 1. The Bertz CT molecular complexity index is 939. The molecule has 0 radical (unpaired) electrons. The van der Waals surface area contributed by atoms with Gasteiger partial charge in [-0.15, -0.1) is 10.2 Å². The molecule has 2 heterocycles. The number of anilines is 1. The molecule has 0 bridgehead atoms. The van der Waals surface area contributed by atoms with Crippen molar-refractivity contribution in [2.24, 2.45) is 0 Å². The highest BCUT2D eigenvalue weighted by Gasteiger charge is 2.21. The molecule has 0 spiro atoms. The molecule has 27 heavy (non-hydrogen) atoms. The van der Waals surface area contributed by atoms with Crippen LogP contribution in [0.5, 0.6) is 0 Å². The SMILES string of the molecule is N#Cc1ccccc1CSc1nnc(N2CCCCC2)n1-c1ccccc1. The lowest BCUT2D eigenvalue weighted by atomic mass is 10.1. The van der Waals surface area contributed by atoms with Gasteiger partial charge >= 0.3 is 0 Å². The van der Waals surface area contributed by atoms with E-state index in [0.717, 1.165) is 35.4 Å². The van der Waals surface area contributed by atoms with Crippen LogP contribution in [0.2, 0.25) is 0 Å². The molecule has 1 aliphatic rings. The first kappa shape index (κ1) is 17.6. The van der Waals surface area contributed by atoms with Gasteiger partial charge < -0.3 is 4.90 Å². The summed E-state index contributed by atoms with van der Waals surface area (Å²) in [7, 11) is 0. The van der Waals surface area contributed by atoms with Crippen molar-refractivity contribution in [3.8, 4) is 11.8 Å².